The lowest BCUT2D eigenvalue weighted by atomic mass is 10.4. The summed E-state index contributed by atoms with van der Waals surface area (Å²) in [6.07, 6.45) is 0. The van der Waals surface area contributed by atoms with E-state index in [4.69, 9.17) is 10.5 Å². The maximum Gasteiger partial charge on any atom is 0.219 e. The molecule has 2 N–H and O–H groups in total. The maximum atomic E-state index is 11.8. The second kappa shape index (κ2) is 7.40. The van der Waals surface area contributed by atoms with E-state index in [1.54, 1.807) is 20.9 Å². The summed E-state index contributed by atoms with van der Waals surface area (Å²) in [5.74, 6) is 0. The molecule has 0 aliphatic rings. The third kappa shape index (κ3) is 4.65. The first-order valence-corrected chi connectivity index (χ1v) is 6.04. The fraction of sp³-hybridized carbons (Fsp3) is 1.00. The van der Waals surface area contributed by atoms with Crippen molar-refractivity contribution in [1.82, 2.24) is 4.31 Å². The van der Waals surface area contributed by atoms with Crippen LogP contribution >= 0.6 is 12.4 Å². The van der Waals surface area contributed by atoms with Gasteiger partial charge >= 0.3 is 0 Å². The van der Waals surface area contributed by atoms with E-state index in [9.17, 15) is 8.42 Å². The van der Waals surface area contributed by atoms with Crippen LogP contribution in [0.4, 0.5) is 0 Å². The average Bonchev–Trinajstić information content (AvgIpc) is 2.15. The predicted octanol–water partition coefficient (Wildman–Crippen LogP) is 0.0519. The Morgan fingerprint density at radius 1 is 1.40 bits per heavy atom. The summed E-state index contributed by atoms with van der Waals surface area (Å²) in [6, 6.07) is -0.181. The number of halogens is 1. The molecule has 15 heavy (non-hydrogen) atoms. The van der Waals surface area contributed by atoms with E-state index in [2.05, 4.69) is 0 Å². The van der Waals surface area contributed by atoms with Crippen LogP contribution in [0.2, 0.25) is 0 Å². The summed E-state index contributed by atoms with van der Waals surface area (Å²) < 4.78 is 29.7. The summed E-state index contributed by atoms with van der Waals surface area (Å²) in [6.45, 7) is 3.91. The lowest BCUT2D eigenvalue weighted by molar-refractivity contribution is 0.198. The van der Waals surface area contributed by atoms with Crippen LogP contribution in [0.15, 0.2) is 0 Å². The van der Waals surface area contributed by atoms with Gasteiger partial charge in [0.25, 0.3) is 0 Å². The predicted molar refractivity (Wildman–Crippen MR) is 63.8 cm³/mol. The lowest BCUT2D eigenvalue weighted by Gasteiger charge is -2.26. The molecule has 0 aliphatic heterocycles. The molecule has 0 radical (unpaired) electrons. The first-order chi connectivity index (χ1) is 6.37. The van der Waals surface area contributed by atoms with Crippen LogP contribution in [-0.2, 0) is 14.8 Å². The largest absolute Gasteiger partial charge is 0.383 e. The third-order valence-corrected chi connectivity index (χ3v) is 4.59. The van der Waals surface area contributed by atoms with Crippen LogP contribution < -0.4 is 5.73 Å². The maximum absolute atomic E-state index is 11.8. The van der Waals surface area contributed by atoms with Crippen LogP contribution in [0.25, 0.3) is 0 Å². The Labute approximate surface area is 98.4 Å². The van der Waals surface area contributed by atoms with Gasteiger partial charge in [0.2, 0.25) is 10.0 Å². The van der Waals surface area contributed by atoms with Crippen LogP contribution in [0, 0.1) is 0 Å². The lowest BCUT2D eigenvalue weighted by Crippen LogP contribution is -2.44. The molecule has 0 saturated carbocycles. The molecule has 0 heterocycles. The van der Waals surface area contributed by atoms with Crippen molar-refractivity contribution in [2.24, 2.45) is 5.73 Å². The molecule has 94 valence electrons. The van der Waals surface area contributed by atoms with E-state index in [0.717, 1.165) is 0 Å². The van der Waals surface area contributed by atoms with E-state index >= 15 is 0 Å². The van der Waals surface area contributed by atoms with Gasteiger partial charge in [-0.2, -0.15) is 0 Å². The molecule has 0 bridgehead atoms. The minimum atomic E-state index is -3.28. The molecule has 0 saturated heterocycles. The number of hydrogen-bond donors (Lipinski definition) is 1. The van der Waals surface area contributed by atoms with Crippen molar-refractivity contribution in [3.63, 3.8) is 0 Å². The highest BCUT2D eigenvalue weighted by Gasteiger charge is 2.28. The average molecular weight is 261 g/mol. The van der Waals surface area contributed by atoms with Gasteiger partial charge in [0.15, 0.2) is 0 Å². The summed E-state index contributed by atoms with van der Waals surface area (Å²) in [5, 5.41) is -0.536. The second-order valence-corrected chi connectivity index (χ2v) is 5.82. The first kappa shape index (κ1) is 17.5. The second-order valence-electron chi connectivity index (χ2n) is 3.41. The van der Waals surface area contributed by atoms with E-state index in [1.807, 2.05) is 0 Å². The van der Waals surface area contributed by atoms with Gasteiger partial charge in [0.05, 0.1) is 11.9 Å². The van der Waals surface area contributed by atoms with Crippen LogP contribution in [-0.4, -0.2) is 51.3 Å². The normalized spacial score (nSPS) is 15.9. The van der Waals surface area contributed by atoms with Crippen molar-refractivity contribution in [2.75, 3.05) is 27.3 Å². The smallest absolute Gasteiger partial charge is 0.219 e. The Kier molecular flexibility index (Phi) is 8.64. The molecule has 7 heteroatoms. The quantitative estimate of drug-likeness (QED) is 0.733. The standard InChI is InChI=1S/C8H20N2O3S.ClH/c1-7(5-9)10(3)14(11,12)8(2)6-13-4;/h7-8H,5-6,9H2,1-4H3;1H. The minimum Gasteiger partial charge on any atom is -0.383 e. The highest BCUT2D eigenvalue weighted by Crippen LogP contribution is 2.10. The Bertz CT molecular complexity index is 259. The summed E-state index contributed by atoms with van der Waals surface area (Å²) in [7, 11) is -0.259. The fourth-order valence-corrected chi connectivity index (χ4v) is 2.47. The molecule has 0 amide bonds. The zero-order valence-electron chi connectivity index (χ0n) is 9.63. The van der Waals surface area contributed by atoms with Gasteiger partial charge in [-0.05, 0) is 13.8 Å². The topological polar surface area (TPSA) is 72.6 Å². The Balaban J connectivity index is 0. The van der Waals surface area contributed by atoms with Crippen molar-refractivity contribution in [3.05, 3.63) is 0 Å². The van der Waals surface area contributed by atoms with Crippen molar-refractivity contribution in [3.8, 4) is 0 Å². The molecule has 0 spiro atoms. The molecule has 5 nitrogen and oxygen atoms in total. The fourth-order valence-electron chi connectivity index (χ4n) is 1.00. The van der Waals surface area contributed by atoms with Crippen molar-refractivity contribution in [2.45, 2.75) is 25.1 Å². The Hall–Kier alpha value is 0.120. The molecule has 0 aromatic rings. The first-order valence-electron chi connectivity index (χ1n) is 4.53. The zero-order valence-corrected chi connectivity index (χ0v) is 11.3. The number of sulfonamides is 1. The molecule has 0 aliphatic carbocycles. The van der Waals surface area contributed by atoms with Crippen molar-refractivity contribution < 1.29 is 13.2 Å². The van der Waals surface area contributed by atoms with Crippen LogP contribution in [0.1, 0.15) is 13.8 Å². The van der Waals surface area contributed by atoms with Gasteiger partial charge in [0, 0.05) is 26.7 Å². The van der Waals surface area contributed by atoms with Crippen molar-refractivity contribution >= 4 is 22.4 Å². The Morgan fingerprint density at radius 3 is 2.20 bits per heavy atom. The number of rotatable bonds is 6. The molecule has 2 atom stereocenters. The number of methoxy groups -OCH3 is 1. The van der Waals surface area contributed by atoms with Crippen LogP contribution in [0.3, 0.4) is 0 Å². The van der Waals surface area contributed by atoms with Gasteiger partial charge < -0.3 is 10.5 Å². The number of likely N-dealkylation sites (N-methyl/N-ethyl adjacent to an activating group) is 1. The molecule has 0 aromatic carbocycles. The Morgan fingerprint density at radius 2 is 1.87 bits per heavy atom. The number of ether oxygens (including phenoxy) is 1. The number of hydrogen-bond acceptors (Lipinski definition) is 4. The van der Waals surface area contributed by atoms with E-state index < -0.39 is 15.3 Å². The molecule has 0 fully saturated rings. The molecule has 2 unspecified atom stereocenters. The monoisotopic (exact) mass is 260 g/mol. The van der Waals surface area contributed by atoms with E-state index in [-0.39, 0.29) is 25.1 Å². The number of nitrogens with zero attached hydrogens (tertiary/aromatic N) is 1. The van der Waals surface area contributed by atoms with Gasteiger partial charge in [0.1, 0.15) is 0 Å². The van der Waals surface area contributed by atoms with Crippen molar-refractivity contribution in [1.29, 1.82) is 0 Å². The summed E-state index contributed by atoms with van der Waals surface area (Å²) >= 11 is 0. The van der Waals surface area contributed by atoms with E-state index in [1.165, 1.54) is 11.4 Å². The molecular formula is C8H21ClN2O3S. The molecular weight excluding hydrogens is 240 g/mol. The number of nitrogens with two attached hydrogens (primary N) is 1. The zero-order chi connectivity index (χ0) is 11.4. The van der Waals surface area contributed by atoms with Gasteiger partial charge in [-0.25, -0.2) is 12.7 Å². The summed E-state index contributed by atoms with van der Waals surface area (Å²) in [5.41, 5.74) is 5.41. The molecule has 0 rings (SSSR count). The minimum absolute atomic E-state index is 0. The molecule has 0 aromatic heterocycles. The van der Waals surface area contributed by atoms with Gasteiger partial charge in [-0.3, -0.25) is 0 Å². The van der Waals surface area contributed by atoms with Gasteiger partial charge in [-0.1, -0.05) is 0 Å². The highest BCUT2D eigenvalue weighted by molar-refractivity contribution is 7.89. The SMILES string of the molecule is COCC(C)S(=O)(=O)N(C)C(C)CN.Cl. The third-order valence-electron chi connectivity index (χ3n) is 2.27. The van der Waals surface area contributed by atoms with Gasteiger partial charge in [-0.15, -0.1) is 12.4 Å². The highest BCUT2D eigenvalue weighted by atomic mass is 35.5. The summed E-state index contributed by atoms with van der Waals surface area (Å²) in [4.78, 5) is 0. The van der Waals surface area contributed by atoms with Crippen LogP contribution in [0.5, 0.6) is 0 Å². The van der Waals surface area contributed by atoms with E-state index in [0.29, 0.717) is 6.54 Å².